The number of ether oxygens (including phenoxy) is 2. The standard InChI is InChI=1S/C21H26N4O3/c26-21(17-3-4-20(23-15-17)28-18-6-11-27-12-7-18)24-14-16-5-8-22-19(13-16)25-9-1-2-10-25/h3-5,8,13,15,18H,1-2,6-7,9-12,14H2,(H,24,26). The zero-order valence-corrected chi connectivity index (χ0v) is 16.0. The predicted molar refractivity (Wildman–Crippen MR) is 106 cm³/mol. The fraction of sp³-hybridized carbons (Fsp3) is 0.476. The smallest absolute Gasteiger partial charge is 0.253 e. The van der Waals surface area contributed by atoms with Crippen molar-refractivity contribution in [2.45, 2.75) is 38.3 Å². The van der Waals surface area contributed by atoms with Gasteiger partial charge in [-0.25, -0.2) is 9.97 Å². The van der Waals surface area contributed by atoms with Crippen molar-refractivity contribution in [1.82, 2.24) is 15.3 Å². The van der Waals surface area contributed by atoms with Crippen molar-refractivity contribution in [3.8, 4) is 5.88 Å². The van der Waals surface area contributed by atoms with Gasteiger partial charge in [-0.05, 0) is 36.6 Å². The number of rotatable bonds is 6. The van der Waals surface area contributed by atoms with Crippen LogP contribution in [0.15, 0.2) is 36.7 Å². The number of aromatic nitrogens is 2. The number of carbonyl (C=O) groups excluding carboxylic acids is 1. The van der Waals surface area contributed by atoms with Crippen molar-refractivity contribution in [1.29, 1.82) is 0 Å². The molecule has 2 fully saturated rings. The first-order chi connectivity index (χ1) is 13.8. The van der Waals surface area contributed by atoms with Gasteiger partial charge in [0.2, 0.25) is 5.88 Å². The Morgan fingerprint density at radius 1 is 1.18 bits per heavy atom. The number of carbonyl (C=O) groups is 1. The van der Waals surface area contributed by atoms with Gasteiger partial charge in [-0.1, -0.05) is 0 Å². The van der Waals surface area contributed by atoms with Crippen molar-refractivity contribution >= 4 is 11.7 Å². The highest BCUT2D eigenvalue weighted by Crippen LogP contribution is 2.19. The molecule has 0 bridgehead atoms. The molecule has 1 N–H and O–H groups in total. The van der Waals surface area contributed by atoms with Gasteiger partial charge in [-0.15, -0.1) is 0 Å². The summed E-state index contributed by atoms with van der Waals surface area (Å²) in [4.78, 5) is 23.4. The number of anilines is 1. The lowest BCUT2D eigenvalue weighted by atomic mass is 10.1. The largest absolute Gasteiger partial charge is 0.474 e. The summed E-state index contributed by atoms with van der Waals surface area (Å²) in [6.45, 7) is 4.01. The average Bonchev–Trinajstić information content (AvgIpc) is 3.29. The quantitative estimate of drug-likeness (QED) is 0.828. The lowest BCUT2D eigenvalue weighted by molar-refractivity contribution is 0.0237. The molecule has 2 aliphatic heterocycles. The third-order valence-corrected chi connectivity index (χ3v) is 5.15. The van der Waals surface area contributed by atoms with Gasteiger partial charge in [0.05, 0.1) is 18.8 Å². The highest BCUT2D eigenvalue weighted by molar-refractivity contribution is 5.93. The maximum atomic E-state index is 12.4. The predicted octanol–water partition coefficient (Wildman–Crippen LogP) is 2.56. The van der Waals surface area contributed by atoms with Gasteiger partial charge in [-0.2, -0.15) is 0 Å². The Kier molecular flexibility index (Phi) is 6.01. The monoisotopic (exact) mass is 382 g/mol. The minimum Gasteiger partial charge on any atom is -0.474 e. The third-order valence-electron chi connectivity index (χ3n) is 5.15. The van der Waals surface area contributed by atoms with Crippen molar-refractivity contribution in [2.75, 3.05) is 31.2 Å². The highest BCUT2D eigenvalue weighted by atomic mass is 16.5. The van der Waals surface area contributed by atoms with Crippen LogP contribution >= 0.6 is 0 Å². The van der Waals surface area contributed by atoms with E-state index in [1.165, 1.54) is 12.8 Å². The molecule has 148 valence electrons. The molecule has 4 heterocycles. The Morgan fingerprint density at radius 2 is 2.00 bits per heavy atom. The van der Waals surface area contributed by atoms with Gasteiger partial charge < -0.3 is 19.7 Å². The molecule has 2 saturated heterocycles. The number of hydrogen-bond acceptors (Lipinski definition) is 6. The molecule has 2 aromatic heterocycles. The van der Waals surface area contributed by atoms with Crippen LogP contribution in [0, 0.1) is 0 Å². The second-order valence-electron chi connectivity index (χ2n) is 7.21. The first-order valence-electron chi connectivity index (χ1n) is 9.96. The second-order valence-corrected chi connectivity index (χ2v) is 7.21. The highest BCUT2D eigenvalue weighted by Gasteiger charge is 2.16. The molecule has 0 unspecified atom stereocenters. The Morgan fingerprint density at radius 3 is 2.75 bits per heavy atom. The summed E-state index contributed by atoms with van der Waals surface area (Å²) >= 11 is 0. The van der Waals surface area contributed by atoms with E-state index in [0.29, 0.717) is 18.0 Å². The molecule has 28 heavy (non-hydrogen) atoms. The molecule has 0 aliphatic carbocycles. The summed E-state index contributed by atoms with van der Waals surface area (Å²) in [5, 5.41) is 2.95. The van der Waals surface area contributed by atoms with Gasteiger partial charge in [0, 0.05) is 50.9 Å². The minimum absolute atomic E-state index is 0.136. The number of nitrogens with one attached hydrogen (secondary N) is 1. The summed E-state index contributed by atoms with van der Waals surface area (Å²) in [7, 11) is 0. The van der Waals surface area contributed by atoms with Crippen molar-refractivity contribution < 1.29 is 14.3 Å². The summed E-state index contributed by atoms with van der Waals surface area (Å²) in [5.74, 6) is 1.39. The summed E-state index contributed by atoms with van der Waals surface area (Å²) in [6, 6.07) is 7.49. The lowest BCUT2D eigenvalue weighted by Crippen LogP contribution is -2.26. The van der Waals surface area contributed by atoms with E-state index in [4.69, 9.17) is 9.47 Å². The van der Waals surface area contributed by atoms with Crippen LogP contribution < -0.4 is 15.0 Å². The molecule has 2 aromatic rings. The average molecular weight is 382 g/mol. The van der Waals surface area contributed by atoms with Crippen LogP contribution in [-0.2, 0) is 11.3 Å². The SMILES string of the molecule is O=C(NCc1ccnc(N2CCCC2)c1)c1ccc(OC2CCOCC2)nc1. The summed E-state index contributed by atoms with van der Waals surface area (Å²) < 4.78 is 11.2. The van der Waals surface area contributed by atoms with Gasteiger partial charge in [0.15, 0.2) is 0 Å². The van der Waals surface area contributed by atoms with E-state index in [1.54, 1.807) is 24.5 Å². The molecule has 0 spiro atoms. The van der Waals surface area contributed by atoms with Crippen LogP contribution in [0.5, 0.6) is 5.88 Å². The lowest BCUT2D eigenvalue weighted by Gasteiger charge is -2.22. The number of nitrogens with zero attached hydrogens (tertiary/aromatic N) is 3. The molecule has 0 saturated carbocycles. The summed E-state index contributed by atoms with van der Waals surface area (Å²) in [5.41, 5.74) is 1.56. The third kappa shape index (κ3) is 4.78. The van der Waals surface area contributed by atoms with Crippen LogP contribution in [0.2, 0.25) is 0 Å². The Labute approximate surface area is 165 Å². The van der Waals surface area contributed by atoms with E-state index in [0.717, 1.165) is 50.5 Å². The molecule has 7 heteroatoms. The van der Waals surface area contributed by atoms with Gasteiger partial charge in [0.25, 0.3) is 5.91 Å². The Balaban J connectivity index is 1.30. The zero-order chi connectivity index (χ0) is 19.2. The molecular weight excluding hydrogens is 356 g/mol. The molecule has 4 rings (SSSR count). The Bertz CT molecular complexity index is 784. The fourth-order valence-electron chi connectivity index (χ4n) is 3.52. The molecule has 1 amide bonds. The summed E-state index contributed by atoms with van der Waals surface area (Å²) in [6.07, 6.45) is 7.67. The molecule has 7 nitrogen and oxygen atoms in total. The van der Waals surface area contributed by atoms with Crippen molar-refractivity contribution in [3.63, 3.8) is 0 Å². The van der Waals surface area contributed by atoms with Crippen molar-refractivity contribution in [3.05, 3.63) is 47.8 Å². The maximum absolute atomic E-state index is 12.4. The van der Waals surface area contributed by atoms with Crippen LogP contribution in [-0.4, -0.2) is 48.3 Å². The normalized spacial score (nSPS) is 17.5. The van der Waals surface area contributed by atoms with E-state index in [1.807, 2.05) is 6.07 Å². The minimum atomic E-state index is -0.148. The topological polar surface area (TPSA) is 76.6 Å². The first-order valence-corrected chi connectivity index (χ1v) is 9.96. The zero-order valence-electron chi connectivity index (χ0n) is 16.0. The van der Waals surface area contributed by atoms with Crippen LogP contribution in [0.25, 0.3) is 0 Å². The molecule has 2 aliphatic rings. The van der Waals surface area contributed by atoms with Crippen LogP contribution in [0.4, 0.5) is 5.82 Å². The van der Waals surface area contributed by atoms with E-state index in [2.05, 4.69) is 26.3 Å². The number of amides is 1. The van der Waals surface area contributed by atoms with Gasteiger partial charge in [-0.3, -0.25) is 4.79 Å². The maximum Gasteiger partial charge on any atom is 0.253 e. The Hall–Kier alpha value is -2.67. The van der Waals surface area contributed by atoms with Crippen molar-refractivity contribution in [2.24, 2.45) is 0 Å². The van der Waals surface area contributed by atoms with Crippen LogP contribution in [0.1, 0.15) is 41.6 Å². The van der Waals surface area contributed by atoms with E-state index in [-0.39, 0.29) is 12.0 Å². The number of hydrogen-bond donors (Lipinski definition) is 1. The van der Waals surface area contributed by atoms with E-state index < -0.39 is 0 Å². The molecule has 0 radical (unpaired) electrons. The van der Waals surface area contributed by atoms with E-state index in [9.17, 15) is 4.79 Å². The molecular formula is C21H26N4O3. The second kappa shape index (κ2) is 9.01. The van der Waals surface area contributed by atoms with Crippen LogP contribution in [0.3, 0.4) is 0 Å². The molecule has 0 atom stereocenters. The number of pyridine rings is 2. The van der Waals surface area contributed by atoms with E-state index >= 15 is 0 Å². The molecule has 0 aromatic carbocycles. The van der Waals surface area contributed by atoms with Gasteiger partial charge >= 0.3 is 0 Å². The van der Waals surface area contributed by atoms with Gasteiger partial charge in [0.1, 0.15) is 11.9 Å². The fourth-order valence-corrected chi connectivity index (χ4v) is 3.52. The first kappa shape index (κ1) is 18.7.